The highest BCUT2D eigenvalue weighted by Crippen LogP contribution is 2.26. The molecule has 0 saturated carbocycles. The molecule has 2 rings (SSSR count). The van der Waals surface area contributed by atoms with Gasteiger partial charge in [-0.25, -0.2) is 0 Å². The average Bonchev–Trinajstić information content (AvgIpc) is 2.59. The van der Waals surface area contributed by atoms with Gasteiger partial charge in [0.1, 0.15) is 5.60 Å². The third kappa shape index (κ3) is 6.41. The van der Waals surface area contributed by atoms with Crippen molar-refractivity contribution in [3.63, 3.8) is 0 Å². The summed E-state index contributed by atoms with van der Waals surface area (Å²) in [6.45, 7) is 11.1. The first-order chi connectivity index (χ1) is 12.4. The molecular weight excluding hydrogens is 322 g/mol. The molecule has 1 atom stereocenters. The predicted molar refractivity (Wildman–Crippen MR) is 108 cm³/mol. The Morgan fingerprint density at radius 3 is 2.19 bits per heavy atom. The molecule has 0 aromatic heterocycles. The second-order valence-corrected chi connectivity index (χ2v) is 7.28. The summed E-state index contributed by atoms with van der Waals surface area (Å²) in [7, 11) is 0. The molecule has 1 N–H and O–H groups in total. The van der Waals surface area contributed by atoms with Gasteiger partial charge in [-0.1, -0.05) is 66.7 Å². The Hall–Kier alpha value is -2.52. The summed E-state index contributed by atoms with van der Waals surface area (Å²) in [6.07, 6.45) is 3.65. The first kappa shape index (κ1) is 19.8. The first-order valence-corrected chi connectivity index (χ1v) is 8.92. The van der Waals surface area contributed by atoms with Crippen molar-refractivity contribution in [2.45, 2.75) is 39.0 Å². The van der Waals surface area contributed by atoms with E-state index in [1.54, 1.807) is 6.08 Å². The minimum atomic E-state index is -0.454. The Labute approximate surface area is 157 Å². The number of hydrogen-bond acceptors (Lipinski definition) is 3. The number of aliphatic hydroxyl groups excluding tert-OH is 1. The van der Waals surface area contributed by atoms with E-state index in [0.717, 1.165) is 12.1 Å². The van der Waals surface area contributed by atoms with Crippen molar-refractivity contribution < 1.29 is 9.84 Å². The molecule has 2 aromatic carbocycles. The maximum absolute atomic E-state index is 10.4. The van der Waals surface area contributed by atoms with Crippen molar-refractivity contribution in [3.05, 3.63) is 96.5 Å². The van der Waals surface area contributed by atoms with Crippen LogP contribution < -0.4 is 0 Å². The Bertz CT molecular complexity index is 702. The molecule has 26 heavy (non-hydrogen) atoms. The van der Waals surface area contributed by atoms with Gasteiger partial charge in [-0.2, -0.15) is 0 Å². The van der Waals surface area contributed by atoms with E-state index in [-0.39, 0.29) is 12.0 Å². The van der Waals surface area contributed by atoms with Gasteiger partial charge >= 0.3 is 0 Å². The van der Waals surface area contributed by atoms with Crippen molar-refractivity contribution in [3.8, 4) is 0 Å². The average molecular weight is 351 g/mol. The van der Waals surface area contributed by atoms with Crippen molar-refractivity contribution in [1.82, 2.24) is 4.90 Å². The Morgan fingerprint density at radius 2 is 1.65 bits per heavy atom. The molecule has 1 unspecified atom stereocenters. The lowest BCUT2D eigenvalue weighted by atomic mass is 10.0. The molecule has 0 aliphatic rings. The van der Waals surface area contributed by atoms with Gasteiger partial charge in [0.25, 0.3) is 5.95 Å². The molecule has 0 heterocycles. The number of hydrogen-bond donors (Lipinski definition) is 1. The predicted octanol–water partition coefficient (Wildman–Crippen LogP) is 5.63. The minimum Gasteiger partial charge on any atom is -0.481 e. The van der Waals surface area contributed by atoms with E-state index in [4.69, 9.17) is 4.74 Å². The molecule has 3 heteroatoms. The van der Waals surface area contributed by atoms with E-state index < -0.39 is 5.60 Å². The third-order valence-electron chi connectivity index (χ3n) is 3.84. The quantitative estimate of drug-likeness (QED) is 0.494. The van der Waals surface area contributed by atoms with E-state index in [0.29, 0.717) is 6.54 Å². The molecule has 0 saturated heterocycles. The molecule has 3 nitrogen and oxygen atoms in total. The summed E-state index contributed by atoms with van der Waals surface area (Å²) >= 11 is 0. The van der Waals surface area contributed by atoms with Crippen LogP contribution in [-0.2, 0) is 11.3 Å². The largest absolute Gasteiger partial charge is 0.481 e. The van der Waals surface area contributed by atoms with Crippen LogP contribution >= 0.6 is 0 Å². The number of aliphatic hydroxyl groups is 1. The van der Waals surface area contributed by atoms with E-state index in [1.165, 1.54) is 5.56 Å². The van der Waals surface area contributed by atoms with Crippen LogP contribution in [0.3, 0.4) is 0 Å². The minimum absolute atomic E-state index is 0.0616. The molecule has 0 fully saturated rings. The van der Waals surface area contributed by atoms with Gasteiger partial charge in [0, 0.05) is 19.2 Å². The van der Waals surface area contributed by atoms with Gasteiger partial charge in [0.05, 0.1) is 6.04 Å². The van der Waals surface area contributed by atoms with Crippen LogP contribution in [0.25, 0.3) is 0 Å². The highest BCUT2D eigenvalue weighted by molar-refractivity contribution is 5.25. The second kappa shape index (κ2) is 9.25. The summed E-state index contributed by atoms with van der Waals surface area (Å²) in [5, 5.41) is 10.4. The standard InChI is InChI=1S/C23H29NO2/c1-5-16-24(18-19-12-8-6-9-13-19)21(20-14-10-7-11-15-20)17-22(25)26-23(2,3)4/h5-15,17,21,25H,1,16,18H2,2-4H3/b22-17+. The Kier molecular flexibility index (Phi) is 7.05. The highest BCUT2D eigenvalue weighted by atomic mass is 16.6. The molecule has 0 aliphatic heterocycles. The fraction of sp³-hybridized carbons (Fsp3) is 0.304. The van der Waals surface area contributed by atoms with Gasteiger partial charge in [0.2, 0.25) is 0 Å². The van der Waals surface area contributed by atoms with Gasteiger partial charge < -0.3 is 9.84 Å². The number of benzene rings is 2. The zero-order chi connectivity index (χ0) is 19.0. The number of ether oxygens (including phenoxy) is 1. The summed E-state index contributed by atoms with van der Waals surface area (Å²) in [4.78, 5) is 2.25. The van der Waals surface area contributed by atoms with Crippen LogP contribution in [0.15, 0.2) is 85.3 Å². The van der Waals surface area contributed by atoms with Crippen LogP contribution in [0.1, 0.15) is 37.9 Å². The zero-order valence-electron chi connectivity index (χ0n) is 15.9. The van der Waals surface area contributed by atoms with E-state index in [9.17, 15) is 5.11 Å². The zero-order valence-corrected chi connectivity index (χ0v) is 15.9. The molecular formula is C23H29NO2. The maximum atomic E-state index is 10.4. The fourth-order valence-electron chi connectivity index (χ4n) is 2.81. The van der Waals surface area contributed by atoms with Crippen LogP contribution in [0, 0.1) is 0 Å². The topological polar surface area (TPSA) is 32.7 Å². The van der Waals surface area contributed by atoms with Crippen LogP contribution in [-0.4, -0.2) is 22.2 Å². The molecule has 0 radical (unpaired) electrons. The Balaban J connectivity index is 2.36. The smallest absolute Gasteiger partial charge is 0.274 e. The number of nitrogens with zero attached hydrogens (tertiary/aromatic N) is 1. The normalized spacial score (nSPS) is 13.5. The maximum Gasteiger partial charge on any atom is 0.274 e. The van der Waals surface area contributed by atoms with Crippen LogP contribution in [0.5, 0.6) is 0 Å². The van der Waals surface area contributed by atoms with Crippen molar-refractivity contribution in [2.75, 3.05) is 6.54 Å². The highest BCUT2D eigenvalue weighted by Gasteiger charge is 2.21. The lowest BCUT2D eigenvalue weighted by Crippen LogP contribution is -2.28. The molecule has 0 amide bonds. The lowest BCUT2D eigenvalue weighted by molar-refractivity contribution is -0.0170. The molecule has 138 valence electrons. The van der Waals surface area contributed by atoms with Gasteiger partial charge in [-0.15, -0.1) is 6.58 Å². The summed E-state index contributed by atoms with van der Waals surface area (Å²) < 4.78 is 5.63. The van der Waals surface area contributed by atoms with E-state index >= 15 is 0 Å². The molecule has 0 spiro atoms. The summed E-state index contributed by atoms with van der Waals surface area (Å²) in [5.41, 5.74) is 1.85. The molecule has 0 bridgehead atoms. The SMILES string of the molecule is C=CCN(Cc1ccccc1)C(/C=C(\O)OC(C)(C)C)c1ccccc1. The van der Waals surface area contributed by atoms with Gasteiger partial charge in [-0.05, 0) is 31.9 Å². The number of rotatable bonds is 8. The van der Waals surface area contributed by atoms with Gasteiger partial charge in [0.15, 0.2) is 0 Å². The third-order valence-corrected chi connectivity index (χ3v) is 3.84. The summed E-state index contributed by atoms with van der Waals surface area (Å²) in [6, 6.07) is 20.3. The monoisotopic (exact) mass is 351 g/mol. The van der Waals surface area contributed by atoms with Crippen LogP contribution in [0.4, 0.5) is 0 Å². The first-order valence-electron chi connectivity index (χ1n) is 8.92. The summed E-state index contributed by atoms with van der Waals surface area (Å²) in [5.74, 6) is -0.0616. The van der Waals surface area contributed by atoms with Crippen molar-refractivity contribution in [1.29, 1.82) is 0 Å². The molecule has 0 aliphatic carbocycles. The van der Waals surface area contributed by atoms with Gasteiger partial charge in [-0.3, -0.25) is 4.90 Å². The lowest BCUT2D eigenvalue weighted by Gasteiger charge is -2.30. The van der Waals surface area contributed by atoms with Crippen molar-refractivity contribution >= 4 is 0 Å². The van der Waals surface area contributed by atoms with E-state index in [1.807, 2.05) is 63.2 Å². The molecule has 2 aromatic rings. The second-order valence-electron chi connectivity index (χ2n) is 7.28. The Morgan fingerprint density at radius 1 is 1.08 bits per heavy atom. The van der Waals surface area contributed by atoms with Crippen molar-refractivity contribution in [2.24, 2.45) is 0 Å². The van der Waals surface area contributed by atoms with Crippen LogP contribution in [0.2, 0.25) is 0 Å². The fourth-order valence-corrected chi connectivity index (χ4v) is 2.81. The van der Waals surface area contributed by atoms with E-state index in [2.05, 4.69) is 35.7 Å².